The van der Waals surface area contributed by atoms with Crippen LogP contribution in [0.3, 0.4) is 0 Å². The molecule has 1 fully saturated rings. The van der Waals surface area contributed by atoms with Crippen molar-refractivity contribution >= 4 is 5.97 Å². The van der Waals surface area contributed by atoms with Gasteiger partial charge in [0.25, 0.3) is 0 Å². The number of esters is 1. The second-order valence-electron chi connectivity index (χ2n) is 5.03. The van der Waals surface area contributed by atoms with Gasteiger partial charge in [-0.3, -0.25) is 9.69 Å². The van der Waals surface area contributed by atoms with Crippen LogP contribution in [0.5, 0.6) is 0 Å². The Labute approximate surface area is 105 Å². The highest BCUT2D eigenvalue weighted by molar-refractivity contribution is 5.80. The Morgan fingerprint density at radius 2 is 2.24 bits per heavy atom. The number of nitrogens with one attached hydrogen (secondary N) is 1. The van der Waals surface area contributed by atoms with Gasteiger partial charge in [-0.05, 0) is 39.3 Å². The van der Waals surface area contributed by atoms with E-state index in [1.165, 1.54) is 20.0 Å². The van der Waals surface area contributed by atoms with Crippen LogP contribution in [0.1, 0.15) is 40.0 Å². The van der Waals surface area contributed by atoms with Gasteiger partial charge in [-0.2, -0.15) is 0 Å². The molecule has 1 aliphatic heterocycles. The maximum absolute atomic E-state index is 11.9. The third-order valence-corrected chi connectivity index (χ3v) is 3.69. The fourth-order valence-electron chi connectivity index (χ4n) is 2.78. The first-order chi connectivity index (χ1) is 8.07. The van der Waals surface area contributed by atoms with Crippen LogP contribution in [0.2, 0.25) is 0 Å². The van der Waals surface area contributed by atoms with Gasteiger partial charge in [-0.15, -0.1) is 0 Å². The van der Waals surface area contributed by atoms with Crippen molar-refractivity contribution in [3.63, 3.8) is 0 Å². The standard InChI is InChI=1S/C13H26N2O2/c1-5-11-8-7-9-15(11)10-13(3,14-6-2)12(16)17-4/h11,14H,5-10H2,1-4H3. The Bertz CT molecular complexity index is 258. The molecule has 0 aromatic rings. The fraction of sp³-hybridized carbons (Fsp3) is 0.923. The lowest BCUT2D eigenvalue weighted by Gasteiger charge is -2.34. The Morgan fingerprint density at radius 1 is 1.53 bits per heavy atom. The van der Waals surface area contributed by atoms with Crippen LogP contribution in [0, 0.1) is 0 Å². The molecule has 4 nitrogen and oxygen atoms in total. The van der Waals surface area contributed by atoms with Crippen molar-refractivity contribution in [3.05, 3.63) is 0 Å². The number of carbonyl (C=O) groups excluding carboxylic acids is 1. The summed E-state index contributed by atoms with van der Waals surface area (Å²) >= 11 is 0. The van der Waals surface area contributed by atoms with Gasteiger partial charge in [0.05, 0.1) is 7.11 Å². The number of carbonyl (C=O) groups is 1. The normalized spacial score (nSPS) is 24.6. The molecule has 0 radical (unpaired) electrons. The largest absolute Gasteiger partial charge is 0.468 e. The van der Waals surface area contributed by atoms with E-state index in [9.17, 15) is 4.79 Å². The lowest BCUT2D eigenvalue weighted by Crippen LogP contribution is -2.58. The molecular weight excluding hydrogens is 216 g/mol. The van der Waals surface area contributed by atoms with E-state index in [2.05, 4.69) is 17.1 Å². The Kier molecular flexibility index (Phi) is 5.40. The summed E-state index contributed by atoms with van der Waals surface area (Å²) in [6.07, 6.45) is 3.64. The summed E-state index contributed by atoms with van der Waals surface area (Å²) in [4.78, 5) is 14.3. The summed E-state index contributed by atoms with van der Waals surface area (Å²) in [7, 11) is 1.46. The molecule has 100 valence electrons. The SMILES string of the molecule is CCNC(C)(CN1CCCC1CC)C(=O)OC. The van der Waals surface area contributed by atoms with Gasteiger partial charge in [-0.1, -0.05) is 13.8 Å². The average Bonchev–Trinajstić information content (AvgIpc) is 2.75. The number of ether oxygens (including phenoxy) is 1. The van der Waals surface area contributed by atoms with Crippen LogP contribution in [-0.2, 0) is 9.53 Å². The second-order valence-corrected chi connectivity index (χ2v) is 5.03. The van der Waals surface area contributed by atoms with Crippen molar-refractivity contribution in [2.45, 2.75) is 51.6 Å². The number of rotatable bonds is 6. The van der Waals surface area contributed by atoms with Crippen molar-refractivity contribution in [3.8, 4) is 0 Å². The quantitative estimate of drug-likeness (QED) is 0.715. The first-order valence-corrected chi connectivity index (χ1v) is 6.64. The first kappa shape index (κ1) is 14.5. The van der Waals surface area contributed by atoms with E-state index < -0.39 is 5.54 Å². The van der Waals surface area contributed by atoms with Gasteiger partial charge in [0.15, 0.2) is 0 Å². The molecule has 2 atom stereocenters. The van der Waals surface area contributed by atoms with Crippen LogP contribution in [-0.4, -0.2) is 49.2 Å². The topological polar surface area (TPSA) is 41.6 Å². The monoisotopic (exact) mass is 242 g/mol. The molecule has 0 spiro atoms. The Morgan fingerprint density at radius 3 is 2.76 bits per heavy atom. The van der Waals surface area contributed by atoms with Crippen LogP contribution >= 0.6 is 0 Å². The van der Waals surface area contributed by atoms with E-state index in [-0.39, 0.29) is 5.97 Å². The number of likely N-dealkylation sites (tertiary alicyclic amines) is 1. The van der Waals surface area contributed by atoms with Crippen LogP contribution in [0.25, 0.3) is 0 Å². The molecule has 0 aromatic heterocycles. The molecular formula is C13H26N2O2. The van der Waals surface area contributed by atoms with Gasteiger partial charge in [-0.25, -0.2) is 0 Å². The molecule has 0 amide bonds. The van der Waals surface area contributed by atoms with E-state index in [4.69, 9.17) is 4.74 Å². The summed E-state index contributed by atoms with van der Waals surface area (Å²) in [5.41, 5.74) is -0.582. The molecule has 17 heavy (non-hydrogen) atoms. The average molecular weight is 242 g/mol. The number of hydrogen-bond acceptors (Lipinski definition) is 4. The summed E-state index contributed by atoms with van der Waals surface area (Å²) in [6, 6.07) is 0.623. The number of hydrogen-bond donors (Lipinski definition) is 1. The predicted molar refractivity (Wildman–Crippen MR) is 69.0 cm³/mol. The first-order valence-electron chi connectivity index (χ1n) is 6.64. The van der Waals surface area contributed by atoms with Crippen LogP contribution < -0.4 is 5.32 Å². The summed E-state index contributed by atoms with van der Waals surface area (Å²) in [6.45, 7) is 8.78. The van der Waals surface area contributed by atoms with E-state index in [0.29, 0.717) is 6.04 Å². The highest BCUT2D eigenvalue weighted by atomic mass is 16.5. The number of nitrogens with zero attached hydrogens (tertiary/aromatic N) is 1. The maximum atomic E-state index is 11.9. The zero-order valence-electron chi connectivity index (χ0n) is 11.6. The molecule has 0 bridgehead atoms. The minimum Gasteiger partial charge on any atom is -0.468 e. The Hall–Kier alpha value is -0.610. The molecule has 1 heterocycles. The van der Waals surface area contributed by atoms with E-state index in [0.717, 1.165) is 26.1 Å². The fourth-order valence-corrected chi connectivity index (χ4v) is 2.78. The minimum absolute atomic E-state index is 0.166. The number of methoxy groups -OCH3 is 1. The molecule has 0 saturated carbocycles. The molecule has 1 aliphatic rings. The molecule has 0 aliphatic carbocycles. The highest BCUT2D eigenvalue weighted by Gasteiger charge is 2.38. The summed E-state index contributed by atoms with van der Waals surface area (Å²) in [5, 5.41) is 3.27. The molecule has 2 unspecified atom stereocenters. The molecule has 0 aromatic carbocycles. The molecule has 1 N–H and O–H groups in total. The summed E-state index contributed by atoms with van der Waals surface area (Å²) < 4.78 is 4.92. The zero-order chi connectivity index (χ0) is 12.9. The molecule has 4 heteroatoms. The lowest BCUT2D eigenvalue weighted by molar-refractivity contribution is -0.148. The predicted octanol–water partition coefficient (Wildman–Crippen LogP) is 1.40. The van der Waals surface area contributed by atoms with Crippen molar-refractivity contribution in [1.82, 2.24) is 10.2 Å². The lowest BCUT2D eigenvalue weighted by atomic mass is 10.0. The van der Waals surface area contributed by atoms with E-state index >= 15 is 0 Å². The summed E-state index contributed by atoms with van der Waals surface area (Å²) in [5.74, 6) is -0.166. The van der Waals surface area contributed by atoms with Crippen LogP contribution in [0.4, 0.5) is 0 Å². The third-order valence-electron chi connectivity index (χ3n) is 3.69. The van der Waals surface area contributed by atoms with Crippen molar-refractivity contribution in [2.75, 3.05) is 26.7 Å². The number of likely N-dealkylation sites (N-methyl/N-ethyl adjacent to an activating group) is 1. The Balaban J connectivity index is 2.68. The second kappa shape index (κ2) is 6.36. The van der Waals surface area contributed by atoms with Crippen molar-refractivity contribution in [1.29, 1.82) is 0 Å². The van der Waals surface area contributed by atoms with Gasteiger partial charge in [0.1, 0.15) is 5.54 Å². The van der Waals surface area contributed by atoms with Gasteiger partial charge in [0, 0.05) is 12.6 Å². The van der Waals surface area contributed by atoms with E-state index in [1.54, 1.807) is 0 Å². The van der Waals surface area contributed by atoms with E-state index in [1.807, 2.05) is 13.8 Å². The minimum atomic E-state index is -0.582. The van der Waals surface area contributed by atoms with Gasteiger partial charge >= 0.3 is 5.97 Å². The van der Waals surface area contributed by atoms with Crippen LogP contribution in [0.15, 0.2) is 0 Å². The molecule has 1 rings (SSSR count). The molecule has 1 saturated heterocycles. The van der Waals surface area contributed by atoms with Gasteiger partial charge in [0.2, 0.25) is 0 Å². The van der Waals surface area contributed by atoms with Gasteiger partial charge < -0.3 is 10.1 Å². The zero-order valence-corrected chi connectivity index (χ0v) is 11.6. The third kappa shape index (κ3) is 3.42. The van der Waals surface area contributed by atoms with Crippen molar-refractivity contribution < 1.29 is 9.53 Å². The smallest absolute Gasteiger partial charge is 0.327 e. The van der Waals surface area contributed by atoms with Crippen molar-refractivity contribution in [2.24, 2.45) is 0 Å². The highest BCUT2D eigenvalue weighted by Crippen LogP contribution is 2.22. The maximum Gasteiger partial charge on any atom is 0.327 e.